The summed E-state index contributed by atoms with van der Waals surface area (Å²) < 4.78 is 27.8. The molecule has 0 bridgehead atoms. The first-order valence-corrected chi connectivity index (χ1v) is 13.2. The van der Waals surface area contributed by atoms with Crippen LogP contribution >= 0.6 is 11.3 Å². The van der Waals surface area contributed by atoms with Gasteiger partial charge in [-0.2, -0.15) is 0 Å². The van der Waals surface area contributed by atoms with Crippen molar-refractivity contribution in [2.45, 2.75) is 30.2 Å². The number of hydrogen-bond donors (Lipinski definition) is 1. The first-order chi connectivity index (χ1) is 14.7. The number of hydrogen-bond acceptors (Lipinski definition) is 4. The van der Waals surface area contributed by atoms with Crippen molar-refractivity contribution >= 4 is 20.6 Å². The molecule has 0 saturated heterocycles. The first-order valence-electron chi connectivity index (χ1n) is 9.90. The highest BCUT2D eigenvalue weighted by Crippen LogP contribution is 2.40. The number of nitrogens with zero attached hydrogens (tertiary/aromatic N) is 2. The Morgan fingerprint density at radius 1 is 1.06 bits per heavy atom. The van der Waals surface area contributed by atoms with E-state index in [0.717, 1.165) is 38.7 Å². The Kier molecular flexibility index (Phi) is 5.37. The number of rotatable bonds is 5. The minimum absolute atomic E-state index is 0.221. The number of halogens is 1. The van der Waals surface area contributed by atoms with E-state index in [0.29, 0.717) is 0 Å². The van der Waals surface area contributed by atoms with Gasteiger partial charge in [0, 0.05) is 32.2 Å². The van der Waals surface area contributed by atoms with Gasteiger partial charge < -0.3 is 0 Å². The van der Waals surface area contributed by atoms with Gasteiger partial charge in [0.05, 0.1) is 15.6 Å². The molecule has 0 aliphatic heterocycles. The predicted molar refractivity (Wildman–Crippen MR) is 126 cm³/mol. The molecule has 2 aromatic carbocycles. The van der Waals surface area contributed by atoms with E-state index in [4.69, 9.17) is 10.1 Å². The average Bonchev–Trinajstić information content (AvgIpc) is 3.18. The van der Waals surface area contributed by atoms with Crippen LogP contribution < -0.4 is 5.14 Å². The van der Waals surface area contributed by atoms with Crippen molar-refractivity contribution in [1.29, 1.82) is 0 Å². The third-order valence-corrected chi connectivity index (χ3v) is 9.10. The minimum Gasteiger partial charge on any atom is -0.263 e. The van der Waals surface area contributed by atoms with Gasteiger partial charge in [-0.1, -0.05) is 36.8 Å². The molecule has 0 aliphatic carbocycles. The van der Waals surface area contributed by atoms with Gasteiger partial charge in [0.15, 0.2) is 0 Å². The lowest BCUT2D eigenvalue weighted by Crippen LogP contribution is -2.42. The minimum atomic E-state index is -4.07. The molecule has 0 spiro atoms. The highest BCUT2D eigenvalue weighted by Gasteiger charge is 2.33. The van der Waals surface area contributed by atoms with E-state index >= 15 is 0 Å². The predicted octanol–water partition coefficient (Wildman–Crippen LogP) is 5.62. The molecule has 2 N–H and O–H groups in total. The maximum absolute atomic E-state index is 13.9. The molecular formula is C24H24FN3OS2. The fraction of sp³-hybridized carbons (Fsp3) is 0.167. The van der Waals surface area contributed by atoms with E-state index in [1.807, 2.05) is 31.2 Å². The summed E-state index contributed by atoms with van der Waals surface area (Å²) in [6.45, 7) is 4.12. The van der Waals surface area contributed by atoms with E-state index < -0.39 is 15.1 Å². The van der Waals surface area contributed by atoms with Crippen LogP contribution in [-0.2, 0) is 15.7 Å². The number of aromatic nitrogens is 2. The van der Waals surface area contributed by atoms with Crippen molar-refractivity contribution in [3.8, 4) is 21.7 Å². The van der Waals surface area contributed by atoms with Crippen LogP contribution in [0.1, 0.15) is 17.5 Å². The Bertz CT molecular complexity index is 1340. The van der Waals surface area contributed by atoms with Gasteiger partial charge in [-0.3, -0.25) is 9.35 Å². The van der Waals surface area contributed by atoms with Crippen LogP contribution in [0.3, 0.4) is 0 Å². The largest absolute Gasteiger partial charge is 0.263 e. The summed E-state index contributed by atoms with van der Waals surface area (Å²) in [6, 6.07) is 17.4. The van der Waals surface area contributed by atoms with Gasteiger partial charge in [0.2, 0.25) is 0 Å². The van der Waals surface area contributed by atoms with Crippen molar-refractivity contribution in [2.75, 3.05) is 6.26 Å². The molecule has 7 heteroatoms. The monoisotopic (exact) mass is 453 g/mol. The molecule has 2 aromatic heterocycles. The summed E-state index contributed by atoms with van der Waals surface area (Å²) in [6.07, 6.45) is 3.85. The van der Waals surface area contributed by atoms with E-state index in [1.54, 1.807) is 29.7 Å². The maximum Gasteiger partial charge on any atom is 0.124 e. The Morgan fingerprint density at radius 2 is 1.84 bits per heavy atom. The molecule has 0 radical (unpaired) electrons. The maximum atomic E-state index is 13.9. The lowest BCUT2D eigenvalue weighted by molar-refractivity contribution is 0.619. The molecule has 31 heavy (non-hydrogen) atoms. The van der Waals surface area contributed by atoms with Crippen LogP contribution in [0, 0.1) is 12.7 Å². The van der Waals surface area contributed by atoms with Gasteiger partial charge in [0.25, 0.3) is 0 Å². The number of aryl methyl sites for hydroxylation is 2. The molecule has 0 saturated carbocycles. The lowest BCUT2D eigenvalue weighted by Gasteiger charge is -2.33. The lowest BCUT2D eigenvalue weighted by atomic mass is 10.1. The van der Waals surface area contributed by atoms with E-state index in [2.05, 4.69) is 18.0 Å². The van der Waals surface area contributed by atoms with Crippen LogP contribution in [-0.4, -0.2) is 20.4 Å². The van der Waals surface area contributed by atoms with Crippen LogP contribution in [0.25, 0.3) is 21.7 Å². The molecule has 4 aromatic rings. The van der Waals surface area contributed by atoms with Crippen LogP contribution in [0.4, 0.5) is 4.39 Å². The quantitative estimate of drug-likeness (QED) is 0.426. The Labute approximate surface area is 185 Å². The van der Waals surface area contributed by atoms with Crippen molar-refractivity contribution in [3.63, 3.8) is 0 Å². The SMILES string of the molecule is CCc1nc(-c2cccc(C)c2)c(-c2ccnc(S(C)(N)(=O)c3cccc(F)c3)c2)s1. The molecule has 0 atom stereocenters. The average molecular weight is 454 g/mol. The van der Waals surface area contributed by atoms with E-state index in [-0.39, 0.29) is 9.92 Å². The molecule has 0 amide bonds. The zero-order valence-corrected chi connectivity index (χ0v) is 19.3. The van der Waals surface area contributed by atoms with Gasteiger partial charge in [-0.15, -0.1) is 11.3 Å². The standard InChI is InChI=1S/C24H24FN3OS2/c1-4-21-28-23(17-8-5-7-16(2)13-17)24(30-21)18-11-12-27-22(14-18)31(3,26,29)20-10-6-9-19(25)15-20/h5-15H,4H2,1-3H3,(H2,26,29). The highest BCUT2D eigenvalue weighted by molar-refractivity contribution is 8.17. The molecule has 0 fully saturated rings. The Balaban J connectivity index is 1.88. The molecule has 2 heterocycles. The van der Waals surface area contributed by atoms with Gasteiger partial charge in [0.1, 0.15) is 10.8 Å². The number of benzene rings is 2. The molecule has 0 unspecified atom stereocenters. The number of pyridine rings is 1. The zero-order valence-electron chi connectivity index (χ0n) is 17.6. The van der Waals surface area contributed by atoms with Crippen LogP contribution in [0.2, 0.25) is 0 Å². The molecule has 4 rings (SSSR count). The zero-order chi connectivity index (χ0) is 22.2. The van der Waals surface area contributed by atoms with Gasteiger partial charge in [-0.25, -0.2) is 14.4 Å². The number of nitrogens with two attached hydrogens (primary N) is 1. The fourth-order valence-electron chi connectivity index (χ4n) is 3.43. The Morgan fingerprint density at radius 3 is 2.55 bits per heavy atom. The van der Waals surface area contributed by atoms with E-state index in [1.165, 1.54) is 24.5 Å². The second-order valence-corrected chi connectivity index (χ2v) is 12.6. The first kappa shape index (κ1) is 21.5. The summed E-state index contributed by atoms with van der Waals surface area (Å²) in [4.78, 5) is 10.4. The van der Waals surface area contributed by atoms with Crippen LogP contribution in [0.5, 0.6) is 0 Å². The second-order valence-electron chi connectivity index (χ2n) is 7.76. The summed E-state index contributed by atoms with van der Waals surface area (Å²) in [5, 5.41) is 7.66. The summed E-state index contributed by atoms with van der Waals surface area (Å²) in [5.41, 5.74) is 3.89. The van der Waals surface area contributed by atoms with Gasteiger partial charge in [-0.05, 0) is 55.3 Å². The van der Waals surface area contributed by atoms with E-state index in [9.17, 15) is 8.60 Å². The summed E-state index contributed by atoms with van der Waals surface area (Å²) in [7, 11) is -4.07. The fourth-order valence-corrected chi connectivity index (χ4v) is 6.26. The molecule has 4 nitrogen and oxygen atoms in total. The normalized spacial score (nSPS) is 13.0. The third kappa shape index (κ3) is 4.08. The summed E-state index contributed by atoms with van der Waals surface area (Å²) >= 11 is 1.60. The van der Waals surface area contributed by atoms with Crippen molar-refractivity contribution < 1.29 is 8.60 Å². The van der Waals surface area contributed by atoms with Crippen molar-refractivity contribution in [3.05, 3.63) is 83.2 Å². The highest BCUT2D eigenvalue weighted by atomic mass is 32.3. The van der Waals surface area contributed by atoms with Crippen molar-refractivity contribution in [2.24, 2.45) is 5.14 Å². The topological polar surface area (TPSA) is 68.9 Å². The molecular weight excluding hydrogens is 429 g/mol. The van der Waals surface area contributed by atoms with Crippen LogP contribution in [0.15, 0.2) is 76.8 Å². The Hall–Kier alpha value is -2.74. The molecule has 160 valence electrons. The second kappa shape index (κ2) is 7.75. The third-order valence-electron chi connectivity index (χ3n) is 5.16. The number of thiazole rings is 1. The van der Waals surface area contributed by atoms with Crippen molar-refractivity contribution in [1.82, 2.24) is 9.97 Å². The summed E-state index contributed by atoms with van der Waals surface area (Å²) in [5.74, 6) is -0.489. The smallest absolute Gasteiger partial charge is 0.124 e. The van der Waals surface area contributed by atoms with Gasteiger partial charge >= 0.3 is 0 Å². The molecule has 0 aliphatic rings.